The van der Waals surface area contributed by atoms with Gasteiger partial charge in [-0.25, -0.2) is 28.1 Å². The number of hydrogen-bond donors (Lipinski definition) is 2. The van der Waals surface area contributed by atoms with E-state index < -0.39 is 26.7 Å². The van der Waals surface area contributed by atoms with Crippen LogP contribution in [-0.4, -0.2) is 45.8 Å². The number of alkyl halides is 3. The van der Waals surface area contributed by atoms with Crippen LogP contribution in [0.25, 0.3) is 27.6 Å². The fourth-order valence-corrected chi connectivity index (χ4v) is 5.76. The molecule has 212 valence electrons. The molecule has 0 bridgehead atoms. The van der Waals surface area contributed by atoms with Crippen LogP contribution in [0.1, 0.15) is 12.0 Å². The van der Waals surface area contributed by atoms with Crippen molar-refractivity contribution in [3.05, 3.63) is 88.0 Å². The number of nitrogens with one attached hydrogen (secondary N) is 2. The topological polar surface area (TPSA) is 144 Å². The first-order valence-electron chi connectivity index (χ1n) is 12.0. The number of nitro benzene ring substituents is 1. The molecule has 41 heavy (non-hydrogen) atoms. The van der Waals surface area contributed by atoms with Gasteiger partial charge in [0.05, 0.1) is 21.1 Å². The number of anilines is 1. The second-order valence-corrected chi connectivity index (χ2v) is 11.3. The lowest BCUT2D eigenvalue weighted by molar-refractivity contribution is -0.384. The van der Waals surface area contributed by atoms with Crippen molar-refractivity contribution >= 4 is 38.0 Å². The molecule has 0 fully saturated rings. The number of benzene rings is 2. The van der Waals surface area contributed by atoms with Gasteiger partial charge in [0, 0.05) is 48.6 Å². The van der Waals surface area contributed by atoms with E-state index >= 15 is 0 Å². The number of rotatable bonds is 10. The van der Waals surface area contributed by atoms with Crippen molar-refractivity contribution in [2.24, 2.45) is 0 Å². The molecule has 0 spiro atoms. The summed E-state index contributed by atoms with van der Waals surface area (Å²) >= 11 is 1.40. The molecule has 0 amide bonds. The number of hydrogen-bond acceptors (Lipinski definition) is 9. The van der Waals surface area contributed by atoms with Crippen molar-refractivity contribution in [3.8, 4) is 22.6 Å². The molecule has 5 rings (SSSR count). The number of sulfonamides is 1. The first kappa shape index (κ1) is 28.1. The number of thiazole rings is 1. The molecule has 0 saturated carbocycles. The molecule has 0 aliphatic rings. The predicted molar refractivity (Wildman–Crippen MR) is 146 cm³/mol. The molecular formula is C25H20F3N7O4S2. The smallest absolute Gasteiger partial charge is 0.354 e. The van der Waals surface area contributed by atoms with Gasteiger partial charge < -0.3 is 5.32 Å². The predicted octanol–water partition coefficient (Wildman–Crippen LogP) is 5.23. The Labute approximate surface area is 234 Å². The number of imidazole rings is 1. The summed E-state index contributed by atoms with van der Waals surface area (Å²) in [7, 11) is -3.99. The number of nitrogens with zero attached hydrogens (tertiary/aromatic N) is 5. The Morgan fingerprint density at radius 2 is 1.83 bits per heavy atom. The molecule has 0 radical (unpaired) electrons. The van der Waals surface area contributed by atoms with Crippen LogP contribution < -0.4 is 10.0 Å². The Morgan fingerprint density at radius 3 is 2.56 bits per heavy atom. The zero-order valence-corrected chi connectivity index (χ0v) is 22.5. The molecule has 0 unspecified atom stereocenters. The van der Waals surface area contributed by atoms with E-state index in [1.807, 2.05) is 16.0 Å². The molecule has 3 aromatic heterocycles. The fraction of sp³-hybridized carbons (Fsp3) is 0.160. The maximum atomic E-state index is 12.7. The van der Waals surface area contributed by atoms with Crippen LogP contribution in [0.4, 0.5) is 24.8 Å². The van der Waals surface area contributed by atoms with E-state index in [0.29, 0.717) is 34.0 Å². The van der Waals surface area contributed by atoms with Gasteiger partial charge in [0.1, 0.15) is 11.4 Å². The third kappa shape index (κ3) is 6.18. The van der Waals surface area contributed by atoms with E-state index in [2.05, 4.69) is 25.0 Å². The normalized spacial score (nSPS) is 12.1. The van der Waals surface area contributed by atoms with Crippen molar-refractivity contribution < 1.29 is 26.5 Å². The van der Waals surface area contributed by atoms with Gasteiger partial charge in [-0.1, -0.05) is 12.1 Å². The van der Waals surface area contributed by atoms with Crippen molar-refractivity contribution in [1.29, 1.82) is 0 Å². The molecule has 3 heterocycles. The number of halogens is 3. The van der Waals surface area contributed by atoms with E-state index in [0.717, 1.165) is 24.3 Å². The third-order valence-corrected chi connectivity index (χ3v) is 8.14. The van der Waals surface area contributed by atoms with E-state index in [4.69, 9.17) is 0 Å². The van der Waals surface area contributed by atoms with Crippen LogP contribution in [0, 0.1) is 10.1 Å². The maximum absolute atomic E-state index is 12.7. The summed E-state index contributed by atoms with van der Waals surface area (Å²) in [6, 6.07) is 11.1. The summed E-state index contributed by atoms with van der Waals surface area (Å²) in [5.74, 6) is 0.267. The minimum absolute atomic E-state index is 0.0190. The van der Waals surface area contributed by atoms with Gasteiger partial charge in [-0.2, -0.15) is 13.2 Å². The molecule has 11 nitrogen and oxygen atoms in total. The minimum atomic E-state index is -4.56. The van der Waals surface area contributed by atoms with Crippen molar-refractivity contribution in [3.63, 3.8) is 0 Å². The second kappa shape index (κ2) is 11.2. The van der Waals surface area contributed by atoms with E-state index in [1.165, 1.54) is 23.5 Å². The number of aromatic nitrogens is 4. The van der Waals surface area contributed by atoms with Crippen molar-refractivity contribution in [1.82, 2.24) is 24.1 Å². The number of non-ortho nitro benzene ring substituents is 1. The number of nitro groups is 1. The Morgan fingerprint density at radius 1 is 1.05 bits per heavy atom. The maximum Gasteiger partial charge on any atom is 0.416 e. The van der Waals surface area contributed by atoms with Gasteiger partial charge in [0.15, 0.2) is 4.96 Å². The highest BCUT2D eigenvalue weighted by Gasteiger charge is 2.30. The quantitative estimate of drug-likeness (QED) is 0.126. The molecule has 0 aliphatic heterocycles. The molecule has 0 atom stereocenters. The van der Waals surface area contributed by atoms with Crippen LogP contribution in [-0.2, 0) is 16.2 Å². The molecule has 5 aromatic rings. The molecule has 2 aromatic carbocycles. The molecular weight excluding hydrogens is 583 g/mol. The largest absolute Gasteiger partial charge is 0.416 e. The highest BCUT2D eigenvalue weighted by atomic mass is 32.2. The van der Waals surface area contributed by atoms with Crippen LogP contribution in [0.15, 0.2) is 77.3 Å². The average molecular weight is 604 g/mol. The molecule has 0 aliphatic carbocycles. The molecule has 16 heteroatoms. The number of fused-ring (bicyclic) bond motifs is 1. The fourth-order valence-electron chi connectivity index (χ4n) is 3.98. The van der Waals surface area contributed by atoms with Gasteiger partial charge in [-0.3, -0.25) is 14.5 Å². The summed E-state index contributed by atoms with van der Waals surface area (Å²) < 4.78 is 67.2. The first-order chi connectivity index (χ1) is 19.5. The Bertz CT molecular complexity index is 1820. The van der Waals surface area contributed by atoms with Crippen LogP contribution in [0.3, 0.4) is 0 Å². The minimum Gasteiger partial charge on any atom is -0.354 e. The van der Waals surface area contributed by atoms with Gasteiger partial charge in [0.2, 0.25) is 16.0 Å². The first-order valence-corrected chi connectivity index (χ1v) is 14.3. The summed E-state index contributed by atoms with van der Waals surface area (Å²) in [5, 5.41) is 16.2. The standard InChI is InChI=1S/C25H20F3N7O4S2/c26-25(27,28)17-5-7-19(8-6-17)41(38,39)31-11-2-10-29-23-30-12-9-20(32-23)22-21(33-24-34(22)13-14-40-24)16-3-1-4-18(15-16)35(36)37/h1,3-9,12-15,31H,2,10-11H2,(H,29,30,32). The summed E-state index contributed by atoms with van der Waals surface area (Å²) in [6.07, 6.45) is -0.867. The average Bonchev–Trinajstić information content (AvgIpc) is 3.54. The SMILES string of the molecule is O=[N+]([O-])c1cccc(-c2nc3sccn3c2-c2ccnc(NCCCNS(=O)(=O)c3ccc(C(F)(F)F)cc3)n2)c1. The van der Waals surface area contributed by atoms with E-state index in [-0.39, 0.29) is 29.6 Å². The zero-order chi connectivity index (χ0) is 29.2. The van der Waals surface area contributed by atoms with Crippen LogP contribution in [0.2, 0.25) is 0 Å². The summed E-state index contributed by atoms with van der Waals surface area (Å²) in [4.78, 5) is 24.7. The highest BCUT2D eigenvalue weighted by Crippen LogP contribution is 2.35. The van der Waals surface area contributed by atoms with Gasteiger partial charge in [-0.15, -0.1) is 11.3 Å². The van der Waals surface area contributed by atoms with Crippen LogP contribution >= 0.6 is 11.3 Å². The summed E-state index contributed by atoms with van der Waals surface area (Å²) in [5.41, 5.74) is 1.20. The Kier molecular flexibility index (Phi) is 7.70. The highest BCUT2D eigenvalue weighted by molar-refractivity contribution is 7.89. The van der Waals surface area contributed by atoms with Crippen molar-refractivity contribution in [2.45, 2.75) is 17.5 Å². The van der Waals surface area contributed by atoms with E-state index in [9.17, 15) is 31.7 Å². The molecule has 2 N–H and O–H groups in total. The lowest BCUT2D eigenvalue weighted by Gasteiger charge is -2.10. The second-order valence-electron chi connectivity index (χ2n) is 8.64. The van der Waals surface area contributed by atoms with E-state index in [1.54, 1.807) is 24.4 Å². The summed E-state index contributed by atoms with van der Waals surface area (Å²) in [6.45, 7) is 0.308. The zero-order valence-electron chi connectivity index (χ0n) is 20.9. The van der Waals surface area contributed by atoms with Crippen molar-refractivity contribution in [2.75, 3.05) is 18.4 Å². The Balaban J connectivity index is 1.26. The Hall–Kier alpha value is -4.41. The lowest BCUT2D eigenvalue weighted by atomic mass is 10.1. The third-order valence-electron chi connectivity index (χ3n) is 5.91. The van der Waals surface area contributed by atoms with Gasteiger partial charge in [-0.05, 0) is 36.8 Å². The molecule has 0 saturated heterocycles. The van der Waals surface area contributed by atoms with Gasteiger partial charge in [0.25, 0.3) is 5.69 Å². The lowest BCUT2D eigenvalue weighted by Crippen LogP contribution is -2.26. The monoisotopic (exact) mass is 603 g/mol. The van der Waals surface area contributed by atoms with Crippen LogP contribution in [0.5, 0.6) is 0 Å². The van der Waals surface area contributed by atoms with Gasteiger partial charge >= 0.3 is 6.18 Å².